The molecule has 41 heavy (non-hydrogen) atoms. The lowest BCUT2D eigenvalue weighted by Gasteiger charge is -2.27. The van der Waals surface area contributed by atoms with E-state index < -0.39 is 11.4 Å². The Morgan fingerprint density at radius 3 is 2.68 bits per heavy atom. The number of fused-ring (bicyclic) bond motifs is 5. The van der Waals surface area contributed by atoms with Crippen molar-refractivity contribution in [1.29, 1.82) is 0 Å². The molecule has 2 aliphatic heterocycles. The standard InChI is InChI=1S/C30H30FN7O3/c1-32-23-8-17(31)7-19-18(23)9-24-26(19)27(37-12-15-4-5-36(3)25(15)14-37)21(11-34-24)16-6-20-28(39)22(30(40)41)13-38(33-2)29(20)35-10-16/h6-8,10-11,13,15,25,32-33H,4-5,9,12,14H2,1-3H3,(H,40,41)/t15-,25?/m1/s1. The SMILES string of the molecule is CNc1cc(F)cc2c1Cc1ncc(-c3cnc4c(c3)c(=O)c(C(=O)O)cn4NC)c(N3CC4[C@H](CCN4C)C3)c1-2. The van der Waals surface area contributed by atoms with Crippen LogP contribution in [0, 0.1) is 11.7 Å². The number of likely N-dealkylation sites (N-methyl/N-ethyl adjacent to an activating group) is 1. The van der Waals surface area contributed by atoms with Crippen LogP contribution in [0.25, 0.3) is 33.3 Å². The topological polar surface area (TPSA) is 116 Å². The van der Waals surface area contributed by atoms with Crippen molar-refractivity contribution < 1.29 is 14.3 Å². The molecule has 3 N–H and O–H groups in total. The first kappa shape index (κ1) is 25.5. The van der Waals surface area contributed by atoms with Crippen LogP contribution in [0.2, 0.25) is 0 Å². The van der Waals surface area contributed by atoms with Gasteiger partial charge in [0.15, 0.2) is 5.65 Å². The predicted molar refractivity (Wildman–Crippen MR) is 156 cm³/mol. The van der Waals surface area contributed by atoms with Gasteiger partial charge in [0, 0.05) is 80.6 Å². The summed E-state index contributed by atoms with van der Waals surface area (Å²) in [6.07, 6.45) is 6.45. The van der Waals surface area contributed by atoms with E-state index in [4.69, 9.17) is 4.98 Å². The summed E-state index contributed by atoms with van der Waals surface area (Å²) in [5.74, 6) is -1.11. The molecule has 4 aromatic rings. The smallest absolute Gasteiger partial charge is 0.341 e. The molecule has 1 unspecified atom stereocenters. The van der Waals surface area contributed by atoms with Crippen molar-refractivity contribution in [3.63, 3.8) is 0 Å². The summed E-state index contributed by atoms with van der Waals surface area (Å²) in [5.41, 5.74) is 8.98. The molecule has 5 heterocycles. The van der Waals surface area contributed by atoms with Gasteiger partial charge in [-0.05, 0) is 55.3 Å². The summed E-state index contributed by atoms with van der Waals surface area (Å²) in [7, 11) is 5.58. The number of rotatable bonds is 5. The largest absolute Gasteiger partial charge is 0.477 e. The molecule has 0 amide bonds. The van der Waals surface area contributed by atoms with E-state index in [1.54, 1.807) is 32.4 Å². The molecule has 3 aliphatic rings. The minimum Gasteiger partial charge on any atom is -0.477 e. The molecule has 0 radical (unpaired) electrons. The average Bonchev–Trinajstić information content (AvgIpc) is 3.66. The van der Waals surface area contributed by atoms with Gasteiger partial charge in [-0.3, -0.25) is 9.78 Å². The lowest BCUT2D eigenvalue weighted by atomic mass is 9.97. The maximum absolute atomic E-state index is 14.9. The third-order valence-corrected chi connectivity index (χ3v) is 8.99. The molecule has 3 aromatic heterocycles. The number of carbonyl (C=O) groups is 1. The van der Waals surface area contributed by atoms with Crippen LogP contribution in [-0.2, 0) is 6.42 Å². The summed E-state index contributed by atoms with van der Waals surface area (Å²) < 4.78 is 16.3. The second-order valence-corrected chi connectivity index (χ2v) is 11.1. The third-order valence-electron chi connectivity index (χ3n) is 8.99. The van der Waals surface area contributed by atoms with E-state index in [1.165, 1.54) is 16.9 Å². The van der Waals surface area contributed by atoms with Crippen LogP contribution in [0.4, 0.5) is 15.8 Å². The summed E-state index contributed by atoms with van der Waals surface area (Å²) in [6, 6.07) is 5.22. The second kappa shape index (κ2) is 9.27. The molecule has 2 atom stereocenters. The number of benzene rings is 1. The fourth-order valence-corrected chi connectivity index (χ4v) is 6.97. The predicted octanol–water partition coefficient (Wildman–Crippen LogP) is 3.22. The highest BCUT2D eigenvalue weighted by Gasteiger charge is 2.42. The van der Waals surface area contributed by atoms with Crippen LogP contribution >= 0.6 is 0 Å². The van der Waals surface area contributed by atoms with Crippen LogP contribution in [0.15, 0.2) is 41.6 Å². The number of anilines is 2. The Morgan fingerprint density at radius 1 is 1.12 bits per heavy atom. The zero-order chi connectivity index (χ0) is 28.6. The highest BCUT2D eigenvalue weighted by Crippen LogP contribution is 2.50. The monoisotopic (exact) mass is 555 g/mol. The van der Waals surface area contributed by atoms with Crippen LogP contribution < -0.4 is 21.1 Å². The van der Waals surface area contributed by atoms with Gasteiger partial charge < -0.3 is 25.6 Å². The zero-order valence-corrected chi connectivity index (χ0v) is 23.0. The Balaban J connectivity index is 1.48. The summed E-state index contributed by atoms with van der Waals surface area (Å²) in [6.45, 7) is 2.76. The maximum Gasteiger partial charge on any atom is 0.341 e. The normalized spacial score (nSPS) is 19.4. The molecule has 11 heteroatoms. The minimum absolute atomic E-state index is 0.185. The quantitative estimate of drug-likeness (QED) is 0.301. The molecule has 10 nitrogen and oxygen atoms in total. The Labute approximate surface area is 235 Å². The van der Waals surface area contributed by atoms with E-state index in [2.05, 4.69) is 32.6 Å². The van der Waals surface area contributed by atoms with Gasteiger partial charge in [-0.1, -0.05) is 0 Å². The second-order valence-electron chi connectivity index (χ2n) is 11.1. The number of likely N-dealkylation sites (tertiary alicyclic amines) is 1. The third kappa shape index (κ3) is 3.79. The van der Waals surface area contributed by atoms with Gasteiger partial charge in [0.2, 0.25) is 5.43 Å². The van der Waals surface area contributed by atoms with Crippen molar-refractivity contribution in [2.24, 2.45) is 5.92 Å². The number of hydrogen-bond donors (Lipinski definition) is 3. The maximum atomic E-state index is 14.9. The van der Waals surface area contributed by atoms with E-state index in [-0.39, 0.29) is 16.8 Å². The van der Waals surface area contributed by atoms with E-state index in [0.717, 1.165) is 65.4 Å². The van der Waals surface area contributed by atoms with Crippen LogP contribution in [0.1, 0.15) is 28.0 Å². The van der Waals surface area contributed by atoms with Gasteiger partial charge in [0.1, 0.15) is 11.4 Å². The number of pyridine rings is 3. The van der Waals surface area contributed by atoms with Crippen molar-refractivity contribution in [3.05, 3.63) is 69.7 Å². The van der Waals surface area contributed by atoms with Gasteiger partial charge in [0.05, 0.1) is 16.8 Å². The van der Waals surface area contributed by atoms with Gasteiger partial charge in [-0.25, -0.2) is 18.8 Å². The molecule has 2 saturated heterocycles. The number of nitrogens with one attached hydrogen (secondary N) is 2. The fraction of sp³-hybridized carbons (Fsp3) is 0.333. The molecule has 0 saturated carbocycles. The van der Waals surface area contributed by atoms with E-state index in [1.807, 2.05) is 6.20 Å². The van der Waals surface area contributed by atoms with Crippen LogP contribution in [-0.4, -0.2) is 77.4 Å². The molecule has 1 aliphatic carbocycles. The average molecular weight is 556 g/mol. The molecule has 0 spiro atoms. The Hall–Kier alpha value is -4.51. The summed E-state index contributed by atoms with van der Waals surface area (Å²) >= 11 is 0. The number of aromatic carboxylic acids is 1. The van der Waals surface area contributed by atoms with Gasteiger partial charge in [0.25, 0.3) is 0 Å². The lowest BCUT2D eigenvalue weighted by molar-refractivity contribution is 0.0695. The zero-order valence-electron chi connectivity index (χ0n) is 23.0. The number of aromatic nitrogens is 3. The lowest BCUT2D eigenvalue weighted by Crippen LogP contribution is -2.32. The number of halogens is 1. The summed E-state index contributed by atoms with van der Waals surface area (Å²) in [5, 5.41) is 13.0. The molecule has 7 rings (SSSR count). The molecule has 1 aromatic carbocycles. The molecule has 210 valence electrons. The highest BCUT2D eigenvalue weighted by atomic mass is 19.1. The van der Waals surface area contributed by atoms with Crippen molar-refractivity contribution in [2.45, 2.75) is 18.9 Å². The van der Waals surface area contributed by atoms with E-state index in [9.17, 15) is 19.1 Å². The Kier molecular flexibility index (Phi) is 5.75. The highest BCUT2D eigenvalue weighted by molar-refractivity contribution is 5.98. The number of carboxylic acids is 1. The Bertz CT molecular complexity index is 1820. The van der Waals surface area contributed by atoms with Crippen LogP contribution in [0.3, 0.4) is 0 Å². The van der Waals surface area contributed by atoms with Gasteiger partial charge in [-0.15, -0.1) is 0 Å². The summed E-state index contributed by atoms with van der Waals surface area (Å²) in [4.78, 5) is 39.3. The fourth-order valence-electron chi connectivity index (χ4n) is 6.97. The van der Waals surface area contributed by atoms with Crippen molar-refractivity contribution in [1.82, 2.24) is 19.5 Å². The van der Waals surface area contributed by atoms with Crippen molar-refractivity contribution >= 4 is 28.4 Å². The van der Waals surface area contributed by atoms with Gasteiger partial charge in [-0.2, -0.15) is 0 Å². The molecule has 0 bridgehead atoms. The molecule has 2 fully saturated rings. The van der Waals surface area contributed by atoms with Crippen LogP contribution in [0.5, 0.6) is 0 Å². The minimum atomic E-state index is -1.31. The van der Waals surface area contributed by atoms with E-state index >= 15 is 0 Å². The number of hydrogen-bond acceptors (Lipinski definition) is 8. The number of nitrogens with zero attached hydrogens (tertiary/aromatic N) is 5. The van der Waals surface area contributed by atoms with E-state index in [0.29, 0.717) is 29.6 Å². The van der Waals surface area contributed by atoms with Gasteiger partial charge >= 0.3 is 5.97 Å². The first-order chi connectivity index (χ1) is 19.8. The Morgan fingerprint density at radius 2 is 1.95 bits per heavy atom. The first-order valence-corrected chi connectivity index (χ1v) is 13.7. The van der Waals surface area contributed by atoms with Crippen molar-refractivity contribution in [3.8, 4) is 22.3 Å². The molecular formula is C30H30FN7O3. The number of carboxylic acid groups (broad SMARTS) is 1. The molecular weight excluding hydrogens is 525 g/mol. The van der Waals surface area contributed by atoms with Crippen molar-refractivity contribution in [2.75, 3.05) is 56.4 Å². The first-order valence-electron chi connectivity index (χ1n) is 13.7.